The number of ether oxygens (including phenoxy) is 2. The molecule has 2 fully saturated rings. The van der Waals surface area contributed by atoms with Crippen LogP contribution in [-0.4, -0.2) is 31.3 Å². The minimum atomic E-state index is -0.297. The average Bonchev–Trinajstić information content (AvgIpc) is 2.64. The molecule has 0 aliphatic carbocycles. The van der Waals surface area contributed by atoms with E-state index in [0.717, 1.165) is 24.1 Å². The Bertz CT molecular complexity index is 799. The largest absolute Gasteiger partial charge is 0.375 e. The zero-order valence-corrected chi connectivity index (χ0v) is 15.5. The van der Waals surface area contributed by atoms with Crippen LogP contribution in [0.3, 0.4) is 0 Å². The van der Waals surface area contributed by atoms with Gasteiger partial charge in [0.25, 0.3) is 0 Å². The number of β-lactam (4-membered cyclic amide) rings is 1. The van der Waals surface area contributed by atoms with Gasteiger partial charge in [-0.25, -0.2) is 4.39 Å². The van der Waals surface area contributed by atoms with Crippen LogP contribution in [0.1, 0.15) is 36.9 Å². The molecule has 0 saturated carbocycles. The number of carbonyl (C=O) groups excluding carboxylic acids is 1. The summed E-state index contributed by atoms with van der Waals surface area (Å²) in [5.41, 5.74) is 2.98. The normalized spacial score (nSPS) is 20.9. The average molecular weight is 369 g/mol. The molecule has 2 aromatic carbocycles. The highest BCUT2D eigenvalue weighted by molar-refractivity contribution is 6.01. The van der Waals surface area contributed by atoms with E-state index in [1.807, 2.05) is 6.92 Å². The molecule has 0 N–H and O–H groups in total. The molecular formula is C22H24FNO3. The molecule has 0 spiro atoms. The van der Waals surface area contributed by atoms with Gasteiger partial charge in [0.1, 0.15) is 11.4 Å². The van der Waals surface area contributed by atoms with Crippen LogP contribution in [0, 0.1) is 5.82 Å². The Kier molecular flexibility index (Phi) is 4.98. The highest BCUT2D eigenvalue weighted by atomic mass is 19.1. The molecule has 27 heavy (non-hydrogen) atoms. The smallest absolute Gasteiger partial charge is 0.230 e. The third kappa shape index (κ3) is 3.62. The van der Waals surface area contributed by atoms with E-state index in [1.54, 1.807) is 17.0 Å². The van der Waals surface area contributed by atoms with Crippen molar-refractivity contribution in [1.82, 2.24) is 0 Å². The van der Waals surface area contributed by atoms with Crippen molar-refractivity contribution in [2.45, 2.75) is 37.8 Å². The van der Waals surface area contributed by atoms with Gasteiger partial charge in [-0.05, 0) is 55.2 Å². The van der Waals surface area contributed by atoms with Gasteiger partial charge in [0.2, 0.25) is 5.91 Å². The molecule has 1 amide bonds. The Morgan fingerprint density at radius 1 is 1.15 bits per heavy atom. The van der Waals surface area contributed by atoms with Crippen molar-refractivity contribution in [1.29, 1.82) is 0 Å². The van der Waals surface area contributed by atoms with Crippen LogP contribution in [0.4, 0.5) is 10.1 Å². The third-order valence-electron chi connectivity index (χ3n) is 5.47. The van der Waals surface area contributed by atoms with E-state index < -0.39 is 0 Å². The van der Waals surface area contributed by atoms with Gasteiger partial charge in [0, 0.05) is 12.3 Å². The fraction of sp³-hybridized carbons (Fsp3) is 0.409. The first-order valence-electron chi connectivity index (χ1n) is 9.48. The summed E-state index contributed by atoms with van der Waals surface area (Å²) in [6, 6.07) is 14.5. The number of hydrogen-bond acceptors (Lipinski definition) is 3. The second kappa shape index (κ2) is 7.41. The molecule has 1 atom stereocenters. The standard InChI is InChI=1S/C22H24FNO3/c1-2-27-22(14-26-15-22)12-11-16-3-5-17(6-4-16)20-13-21(25)24(20)19-9-7-18(23)8-10-19/h3-10,20H,2,11-15H2,1H3. The first kappa shape index (κ1) is 18.1. The van der Waals surface area contributed by atoms with Crippen molar-refractivity contribution in [2.24, 2.45) is 0 Å². The Morgan fingerprint density at radius 3 is 2.41 bits per heavy atom. The van der Waals surface area contributed by atoms with Gasteiger partial charge in [-0.2, -0.15) is 0 Å². The molecule has 5 heteroatoms. The first-order valence-corrected chi connectivity index (χ1v) is 9.48. The van der Waals surface area contributed by atoms with Crippen LogP contribution in [0.15, 0.2) is 48.5 Å². The van der Waals surface area contributed by atoms with E-state index in [-0.39, 0.29) is 23.4 Å². The Morgan fingerprint density at radius 2 is 1.85 bits per heavy atom. The maximum absolute atomic E-state index is 13.1. The number of rotatable bonds is 7. The predicted molar refractivity (Wildman–Crippen MR) is 101 cm³/mol. The Hall–Kier alpha value is -2.24. The molecule has 2 aliphatic rings. The van der Waals surface area contributed by atoms with Crippen molar-refractivity contribution in [3.8, 4) is 0 Å². The maximum atomic E-state index is 13.1. The predicted octanol–water partition coefficient (Wildman–Crippen LogP) is 4.04. The third-order valence-corrected chi connectivity index (χ3v) is 5.47. The fourth-order valence-electron chi connectivity index (χ4n) is 3.82. The lowest BCUT2D eigenvalue weighted by atomic mass is 9.90. The minimum absolute atomic E-state index is 0.0202. The zero-order chi connectivity index (χ0) is 18.9. The molecule has 2 saturated heterocycles. The van der Waals surface area contributed by atoms with Gasteiger partial charge >= 0.3 is 0 Å². The van der Waals surface area contributed by atoms with Crippen LogP contribution < -0.4 is 4.90 Å². The zero-order valence-electron chi connectivity index (χ0n) is 15.5. The van der Waals surface area contributed by atoms with E-state index in [0.29, 0.717) is 26.2 Å². The number of carbonyl (C=O) groups is 1. The minimum Gasteiger partial charge on any atom is -0.375 e. The lowest BCUT2D eigenvalue weighted by molar-refractivity contribution is -0.210. The Balaban J connectivity index is 1.41. The molecule has 2 aliphatic heterocycles. The van der Waals surface area contributed by atoms with Crippen LogP contribution in [-0.2, 0) is 20.7 Å². The van der Waals surface area contributed by atoms with Crippen molar-refractivity contribution in [2.75, 3.05) is 24.7 Å². The first-order chi connectivity index (χ1) is 13.1. The van der Waals surface area contributed by atoms with Crippen molar-refractivity contribution in [3.05, 3.63) is 65.5 Å². The van der Waals surface area contributed by atoms with E-state index >= 15 is 0 Å². The van der Waals surface area contributed by atoms with E-state index in [1.165, 1.54) is 17.7 Å². The number of amides is 1. The summed E-state index contributed by atoms with van der Waals surface area (Å²) < 4.78 is 24.3. The van der Waals surface area contributed by atoms with Gasteiger partial charge in [0.05, 0.1) is 25.7 Å². The number of aryl methyl sites for hydroxylation is 1. The molecule has 0 bridgehead atoms. The van der Waals surface area contributed by atoms with Crippen LogP contribution in [0.5, 0.6) is 0 Å². The number of benzene rings is 2. The lowest BCUT2D eigenvalue weighted by Gasteiger charge is -2.41. The van der Waals surface area contributed by atoms with Crippen molar-refractivity contribution in [3.63, 3.8) is 0 Å². The molecule has 0 radical (unpaired) electrons. The molecule has 2 aromatic rings. The molecular weight excluding hydrogens is 345 g/mol. The SMILES string of the molecule is CCOC1(CCc2ccc(C3CC(=O)N3c3ccc(F)cc3)cc2)COC1. The van der Waals surface area contributed by atoms with Gasteiger partial charge in [-0.1, -0.05) is 24.3 Å². The second-order valence-corrected chi connectivity index (χ2v) is 7.31. The molecule has 4 rings (SSSR count). The quantitative estimate of drug-likeness (QED) is 0.692. The van der Waals surface area contributed by atoms with Crippen LogP contribution in [0.25, 0.3) is 0 Å². The highest BCUT2D eigenvalue weighted by Gasteiger charge is 2.39. The van der Waals surface area contributed by atoms with Gasteiger partial charge in [-0.15, -0.1) is 0 Å². The van der Waals surface area contributed by atoms with Crippen molar-refractivity contribution >= 4 is 11.6 Å². The van der Waals surface area contributed by atoms with Crippen LogP contribution >= 0.6 is 0 Å². The lowest BCUT2D eigenvalue weighted by Crippen LogP contribution is -2.52. The molecule has 2 heterocycles. The highest BCUT2D eigenvalue weighted by Crippen LogP contribution is 2.39. The summed E-state index contributed by atoms with van der Waals surface area (Å²) in [7, 11) is 0. The van der Waals surface area contributed by atoms with Gasteiger partial charge in [0.15, 0.2) is 0 Å². The van der Waals surface area contributed by atoms with E-state index in [2.05, 4.69) is 24.3 Å². The van der Waals surface area contributed by atoms with Gasteiger partial charge in [-0.3, -0.25) is 4.79 Å². The summed E-state index contributed by atoms with van der Waals surface area (Å²) in [6.07, 6.45) is 2.38. The van der Waals surface area contributed by atoms with E-state index in [9.17, 15) is 9.18 Å². The molecule has 142 valence electrons. The number of hydrogen-bond donors (Lipinski definition) is 0. The second-order valence-electron chi connectivity index (χ2n) is 7.31. The Labute approximate surface area is 158 Å². The van der Waals surface area contributed by atoms with E-state index in [4.69, 9.17) is 9.47 Å². The summed E-state index contributed by atoms with van der Waals surface area (Å²) in [4.78, 5) is 13.8. The fourth-order valence-corrected chi connectivity index (χ4v) is 3.82. The summed E-state index contributed by atoms with van der Waals surface area (Å²) in [6.45, 7) is 4.07. The molecule has 0 aromatic heterocycles. The number of halogens is 1. The van der Waals surface area contributed by atoms with Gasteiger partial charge < -0.3 is 14.4 Å². The maximum Gasteiger partial charge on any atom is 0.230 e. The summed E-state index contributed by atoms with van der Waals surface area (Å²) >= 11 is 0. The number of nitrogens with zero attached hydrogens (tertiary/aromatic N) is 1. The molecule has 1 unspecified atom stereocenters. The topological polar surface area (TPSA) is 38.8 Å². The summed E-state index contributed by atoms with van der Waals surface area (Å²) in [5, 5.41) is 0. The van der Waals surface area contributed by atoms with Crippen molar-refractivity contribution < 1.29 is 18.7 Å². The number of anilines is 1. The molecule has 4 nitrogen and oxygen atoms in total. The van der Waals surface area contributed by atoms with Crippen LogP contribution in [0.2, 0.25) is 0 Å². The monoisotopic (exact) mass is 369 g/mol. The summed E-state index contributed by atoms with van der Waals surface area (Å²) in [5.74, 6) is -0.228.